The van der Waals surface area contributed by atoms with Gasteiger partial charge >= 0.3 is 0 Å². The maximum absolute atomic E-state index is 5.36. The molecule has 1 aromatic rings. The van der Waals surface area contributed by atoms with Gasteiger partial charge in [0.2, 0.25) is 0 Å². The van der Waals surface area contributed by atoms with Crippen LogP contribution in [0.15, 0.2) is 16.6 Å². The Morgan fingerprint density at radius 1 is 1.20 bits per heavy atom. The van der Waals surface area contributed by atoms with Gasteiger partial charge in [0, 0.05) is 0 Å². The maximum Gasteiger partial charge on any atom is 0.175 e. The summed E-state index contributed by atoms with van der Waals surface area (Å²) in [5, 5.41) is 3.11. The van der Waals surface area contributed by atoms with Gasteiger partial charge < -0.3 is 14.8 Å². The van der Waals surface area contributed by atoms with E-state index in [4.69, 9.17) is 9.47 Å². The molecule has 0 fully saturated rings. The molecule has 0 heterocycles. The number of halogens is 1. The van der Waals surface area contributed by atoms with Gasteiger partial charge in [0.15, 0.2) is 11.5 Å². The minimum absolute atomic E-state index is 0.756. The van der Waals surface area contributed by atoms with Crippen molar-refractivity contribution in [1.29, 1.82) is 0 Å². The second-order valence-corrected chi connectivity index (χ2v) is 3.98. The second-order valence-electron chi connectivity index (χ2n) is 3.13. The molecule has 0 aliphatic carbocycles. The summed E-state index contributed by atoms with van der Waals surface area (Å²) in [7, 11) is 5.24. The first kappa shape index (κ1) is 12.3. The fraction of sp³-hybridized carbons (Fsp3) is 0.455. The molecular formula is C11H16BrNO2. The van der Waals surface area contributed by atoms with Crippen LogP contribution in [0.4, 0.5) is 0 Å². The number of ether oxygens (including phenoxy) is 2. The number of likely N-dealkylation sites (N-methyl/N-ethyl adjacent to an activating group) is 1. The monoisotopic (exact) mass is 273 g/mol. The lowest BCUT2D eigenvalue weighted by molar-refractivity contribution is 0.349. The molecule has 0 aliphatic rings. The molecule has 0 saturated carbocycles. The van der Waals surface area contributed by atoms with Crippen molar-refractivity contribution in [2.75, 3.05) is 27.8 Å². The molecule has 1 rings (SSSR count). The van der Waals surface area contributed by atoms with Crippen LogP contribution in [0.3, 0.4) is 0 Å². The summed E-state index contributed by atoms with van der Waals surface area (Å²) in [6.45, 7) is 0.918. The van der Waals surface area contributed by atoms with E-state index in [1.54, 1.807) is 14.2 Å². The van der Waals surface area contributed by atoms with Crippen molar-refractivity contribution in [2.24, 2.45) is 0 Å². The number of methoxy groups -OCH3 is 2. The molecule has 84 valence electrons. The molecule has 0 saturated heterocycles. The van der Waals surface area contributed by atoms with Gasteiger partial charge in [-0.1, -0.05) is 6.07 Å². The molecule has 0 spiro atoms. The van der Waals surface area contributed by atoms with Gasteiger partial charge in [-0.2, -0.15) is 0 Å². The van der Waals surface area contributed by atoms with E-state index in [9.17, 15) is 0 Å². The van der Waals surface area contributed by atoms with Crippen LogP contribution < -0.4 is 14.8 Å². The van der Waals surface area contributed by atoms with Crippen LogP contribution >= 0.6 is 15.9 Å². The summed E-state index contributed by atoms with van der Waals surface area (Å²) in [6, 6.07) is 4.02. The van der Waals surface area contributed by atoms with Gasteiger partial charge in [0.05, 0.1) is 18.7 Å². The average Bonchev–Trinajstić information content (AvgIpc) is 2.26. The first-order valence-electron chi connectivity index (χ1n) is 4.78. The van der Waals surface area contributed by atoms with Gasteiger partial charge in [-0.15, -0.1) is 0 Å². The number of hydrogen-bond donors (Lipinski definition) is 1. The van der Waals surface area contributed by atoms with Gasteiger partial charge in [-0.05, 0) is 47.6 Å². The van der Waals surface area contributed by atoms with E-state index in [2.05, 4.69) is 21.2 Å². The number of rotatable bonds is 5. The Bertz CT molecular complexity index is 329. The molecular weight excluding hydrogens is 258 g/mol. The van der Waals surface area contributed by atoms with Crippen LogP contribution in [0.25, 0.3) is 0 Å². The normalized spacial score (nSPS) is 10.1. The van der Waals surface area contributed by atoms with E-state index < -0.39 is 0 Å². The highest BCUT2D eigenvalue weighted by Crippen LogP contribution is 2.37. The van der Waals surface area contributed by atoms with Crippen molar-refractivity contribution in [3.63, 3.8) is 0 Å². The van der Waals surface area contributed by atoms with Crippen molar-refractivity contribution in [2.45, 2.75) is 6.42 Å². The zero-order chi connectivity index (χ0) is 11.3. The predicted molar refractivity (Wildman–Crippen MR) is 64.9 cm³/mol. The molecule has 0 aliphatic heterocycles. The Balaban J connectivity index is 3.05. The van der Waals surface area contributed by atoms with Crippen LogP contribution in [-0.4, -0.2) is 27.8 Å². The van der Waals surface area contributed by atoms with Crippen LogP contribution in [0, 0.1) is 0 Å². The molecule has 0 aromatic heterocycles. The molecule has 0 amide bonds. The minimum Gasteiger partial charge on any atom is -0.493 e. The fourth-order valence-corrected chi connectivity index (χ4v) is 1.92. The summed E-state index contributed by atoms with van der Waals surface area (Å²) < 4.78 is 11.6. The molecule has 0 unspecified atom stereocenters. The molecule has 15 heavy (non-hydrogen) atoms. The largest absolute Gasteiger partial charge is 0.493 e. The summed E-state index contributed by atoms with van der Waals surface area (Å²) in [4.78, 5) is 0. The summed E-state index contributed by atoms with van der Waals surface area (Å²) in [5.74, 6) is 1.56. The van der Waals surface area contributed by atoms with E-state index in [-0.39, 0.29) is 0 Å². The van der Waals surface area contributed by atoms with Crippen LogP contribution in [0.5, 0.6) is 11.5 Å². The SMILES string of the molecule is CNCCc1ccc(Br)c(OC)c1OC. The average molecular weight is 274 g/mol. The molecule has 0 atom stereocenters. The predicted octanol–water partition coefficient (Wildman–Crippen LogP) is 2.23. The van der Waals surface area contributed by atoms with Crippen molar-refractivity contribution in [3.05, 3.63) is 22.2 Å². The summed E-state index contributed by atoms with van der Waals surface area (Å²) >= 11 is 3.43. The first-order chi connectivity index (χ1) is 7.24. The molecule has 1 N–H and O–H groups in total. The number of benzene rings is 1. The Morgan fingerprint density at radius 3 is 2.40 bits per heavy atom. The third-order valence-electron chi connectivity index (χ3n) is 2.20. The van der Waals surface area contributed by atoms with Gasteiger partial charge in [-0.3, -0.25) is 0 Å². The fourth-order valence-electron chi connectivity index (χ4n) is 1.45. The standard InChI is InChI=1S/C11H16BrNO2/c1-13-7-6-8-4-5-9(12)11(15-3)10(8)14-2/h4-5,13H,6-7H2,1-3H3. The molecule has 4 heteroatoms. The Hall–Kier alpha value is -0.740. The maximum atomic E-state index is 5.36. The van der Waals surface area contributed by atoms with Crippen LogP contribution in [0.1, 0.15) is 5.56 Å². The summed E-state index contributed by atoms with van der Waals surface area (Å²) in [6.07, 6.45) is 0.920. The van der Waals surface area contributed by atoms with Crippen molar-refractivity contribution in [1.82, 2.24) is 5.32 Å². The lowest BCUT2D eigenvalue weighted by atomic mass is 10.1. The van der Waals surface area contributed by atoms with E-state index in [0.29, 0.717) is 0 Å². The number of hydrogen-bond acceptors (Lipinski definition) is 3. The highest BCUT2D eigenvalue weighted by Gasteiger charge is 2.12. The number of nitrogens with one attached hydrogen (secondary N) is 1. The van der Waals surface area contributed by atoms with Gasteiger partial charge in [0.25, 0.3) is 0 Å². The quantitative estimate of drug-likeness (QED) is 0.893. The zero-order valence-corrected chi connectivity index (χ0v) is 10.8. The smallest absolute Gasteiger partial charge is 0.175 e. The lowest BCUT2D eigenvalue weighted by Crippen LogP contribution is -2.11. The second kappa shape index (κ2) is 5.98. The Labute approximate surface area is 98.9 Å². The highest BCUT2D eigenvalue weighted by atomic mass is 79.9. The van der Waals surface area contributed by atoms with E-state index in [1.807, 2.05) is 19.2 Å². The van der Waals surface area contributed by atoms with Crippen molar-refractivity contribution in [3.8, 4) is 11.5 Å². The highest BCUT2D eigenvalue weighted by molar-refractivity contribution is 9.10. The first-order valence-corrected chi connectivity index (χ1v) is 5.57. The molecule has 0 bridgehead atoms. The molecule has 1 aromatic carbocycles. The van der Waals surface area contributed by atoms with Gasteiger partial charge in [0.1, 0.15) is 0 Å². The topological polar surface area (TPSA) is 30.5 Å². The van der Waals surface area contributed by atoms with E-state index in [1.165, 1.54) is 0 Å². The van der Waals surface area contributed by atoms with Crippen LogP contribution in [0.2, 0.25) is 0 Å². The third-order valence-corrected chi connectivity index (χ3v) is 2.82. The van der Waals surface area contributed by atoms with Crippen molar-refractivity contribution >= 4 is 15.9 Å². The third kappa shape index (κ3) is 2.86. The van der Waals surface area contributed by atoms with Crippen LogP contribution in [-0.2, 0) is 6.42 Å². The zero-order valence-electron chi connectivity index (χ0n) is 9.26. The molecule has 3 nitrogen and oxygen atoms in total. The lowest BCUT2D eigenvalue weighted by Gasteiger charge is -2.13. The minimum atomic E-state index is 0.756. The molecule has 0 radical (unpaired) electrons. The Morgan fingerprint density at radius 2 is 1.87 bits per heavy atom. The van der Waals surface area contributed by atoms with E-state index in [0.717, 1.165) is 34.5 Å². The van der Waals surface area contributed by atoms with Gasteiger partial charge in [-0.25, -0.2) is 0 Å². The summed E-state index contributed by atoms with van der Waals surface area (Å²) in [5.41, 5.74) is 1.15. The Kier molecular flexibility index (Phi) is 4.91. The van der Waals surface area contributed by atoms with Crippen molar-refractivity contribution < 1.29 is 9.47 Å². The van der Waals surface area contributed by atoms with E-state index >= 15 is 0 Å².